The summed E-state index contributed by atoms with van der Waals surface area (Å²) in [6, 6.07) is 7.18. The topological polar surface area (TPSA) is 58.1 Å². The van der Waals surface area contributed by atoms with Crippen LogP contribution in [0.3, 0.4) is 0 Å². The molecule has 2 unspecified atom stereocenters. The van der Waals surface area contributed by atoms with Gasteiger partial charge >= 0.3 is 6.18 Å². The number of halogens is 3. The van der Waals surface area contributed by atoms with Gasteiger partial charge in [-0.1, -0.05) is 30.3 Å². The highest BCUT2D eigenvalue weighted by Gasteiger charge is 2.35. The number of hydrogen-bond donors (Lipinski definition) is 1. The van der Waals surface area contributed by atoms with Crippen molar-refractivity contribution in [1.82, 2.24) is 15.3 Å². The minimum Gasteiger partial charge on any atom is -0.355 e. The van der Waals surface area contributed by atoms with Gasteiger partial charge < -0.3 is 10.2 Å². The highest BCUT2D eigenvalue weighted by Crippen LogP contribution is 2.30. The Kier molecular flexibility index (Phi) is 5.93. The average molecular weight is 378 g/mol. The fourth-order valence-electron chi connectivity index (χ4n) is 3.31. The van der Waals surface area contributed by atoms with E-state index in [1.807, 2.05) is 4.90 Å². The normalized spacial score (nSPS) is 18.8. The van der Waals surface area contributed by atoms with E-state index in [2.05, 4.69) is 15.3 Å². The number of benzene rings is 1. The van der Waals surface area contributed by atoms with Crippen LogP contribution in [0.4, 0.5) is 19.0 Å². The molecule has 1 aliphatic heterocycles. The summed E-state index contributed by atoms with van der Waals surface area (Å²) in [5.41, 5.74) is 0.449. The molecule has 0 spiro atoms. The average Bonchev–Trinajstić information content (AvgIpc) is 2.68. The third-order valence-corrected chi connectivity index (χ3v) is 4.62. The molecule has 2 aromatic rings. The first-order valence-corrected chi connectivity index (χ1v) is 8.85. The number of carbonyl (C=O) groups is 1. The summed E-state index contributed by atoms with van der Waals surface area (Å²) in [7, 11) is 0. The minimum absolute atomic E-state index is 0.360. The molecule has 1 N–H and O–H groups in total. The molecule has 2 atom stereocenters. The zero-order valence-corrected chi connectivity index (χ0v) is 14.7. The highest BCUT2D eigenvalue weighted by molar-refractivity contribution is 5.80. The molecule has 3 rings (SSSR count). The van der Waals surface area contributed by atoms with Crippen molar-refractivity contribution in [2.45, 2.75) is 31.5 Å². The van der Waals surface area contributed by atoms with Crippen LogP contribution in [-0.2, 0) is 4.79 Å². The van der Waals surface area contributed by atoms with Gasteiger partial charge in [0, 0.05) is 25.5 Å². The monoisotopic (exact) mass is 378 g/mol. The smallest absolute Gasteiger partial charge is 0.355 e. The predicted octanol–water partition coefficient (Wildman–Crippen LogP) is 3.50. The number of anilines is 1. The van der Waals surface area contributed by atoms with E-state index < -0.39 is 18.6 Å². The summed E-state index contributed by atoms with van der Waals surface area (Å²) >= 11 is 0. The zero-order valence-electron chi connectivity index (χ0n) is 14.7. The van der Waals surface area contributed by atoms with Gasteiger partial charge in [-0.2, -0.15) is 13.2 Å². The maximum atomic E-state index is 13.0. The lowest BCUT2D eigenvalue weighted by Crippen LogP contribution is -2.44. The minimum atomic E-state index is -4.37. The lowest BCUT2D eigenvalue weighted by Gasteiger charge is -2.33. The number of piperidine rings is 1. The summed E-state index contributed by atoms with van der Waals surface area (Å²) in [6.07, 6.45) is 0.707. The Hall–Kier alpha value is -2.64. The van der Waals surface area contributed by atoms with Gasteiger partial charge in [0.1, 0.15) is 5.82 Å². The van der Waals surface area contributed by atoms with E-state index in [-0.39, 0.29) is 11.8 Å². The molecular formula is C19H21F3N4O. The lowest BCUT2D eigenvalue weighted by molar-refractivity contribution is -0.143. The van der Waals surface area contributed by atoms with Gasteiger partial charge in [-0.3, -0.25) is 9.78 Å². The van der Waals surface area contributed by atoms with Crippen molar-refractivity contribution in [3.63, 3.8) is 0 Å². The second-order valence-corrected chi connectivity index (χ2v) is 6.64. The van der Waals surface area contributed by atoms with E-state index in [0.717, 1.165) is 13.0 Å². The van der Waals surface area contributed by atoms with Crippen LogP contribution >= 0.6 is 0 Å². The molecule has 1 fully saturated rings. The molecule has 1 amide bonds. The van der Waals surface area contributed by atoms with Crippen LogP contribution in [0, 0.1) is 5.92 Å². The second kappa shape index (κ2) is 8.37. The van der Waals surface area contributed by atoms with E-state index in [1.54, 1.807) is 48.9 Å². The lowest BCUT2D eigenvalue weighted by atomic mass is 9.95. The number of amides is 1. The number of alkyl halides is 3. The summed E-state index contributed by atoms with van der Waals surface area (Å²) in [5.74, 6) is -0.0770. The summed E-state index contributed by atoms with van der Waals surface area (Å²) < 4.78 is 39.0. The Morgan fingerprint density at radius 3 is 2.70 bits per heavy atom. The quantitative estimate of drug-likeness (QED) is 0.865. The van der Waals surface area contributed by atoms with Crippen molar-refractivity contribution in [3.05, 3.63) is 54.5 Å². The van der Waals surface area contributed by atoms with Crippen LogP contribution in [-0.4, -0.2) is 35.1 Å². The number of nitrogens with one attached hydrogen (secondary N) is 1. The second-order valence-electron chi connectivity index (χ2n) is 6.64. The van der Waals surface area contributed by atoms with E-state index in [9.17, 15) is 18.0 Å². The summed E-state index contributed by atoms with van der Waals surface area (Å²) in [5, 5.41) is 2.61. The molecule has 144 valence electrons. The third kappa shape index (κ3) is 5.42. The van der Waals surface area contributed by atoms with Crippen LogP contribution in [0.25, 0.3) is 0 Å². The number of carbonyl (C=O) groups excluding carboxylic acids is 1. The van der Waals surface area contributed by atoms with Gasteiger partial charge in [-0.15, -0.1) is 0 Å². The molecule has 0 radical (unpaired) electrons. The molecule has 27 heavy (non-hydrogen) atoms. The Morgan fingerprint density at radius 2 is 2.04 bits per heavy atom. The van der Waals surface area contributed by atoms with Gasteiger partial charge in [-0.25, -0.2) is 4.98 Å². The molecule has 5 nitrogen and oxygen atoms in total. The summed E-state index contributed by atoms with van der Waals surface area (Å²) in [6.45, 7) is 1.16. The molecule has 0 saturated carbocycles. The number of aromatic nitrogens is 2. The number of hydrogen-bond acceptors (Lipinski definition) is 4. The number of nitrogens with zero attached hydrogens (tertiary/aromatic N) is 3. The molecule has 2 heterocycles. The Bertz CT molecular complexity index is 740. The van der Waals surface area contributed by atoms with Gasteiger partial charge in [0.25, 0.3) is 0 Å². The molecule has 1 aromatic heterocycles. The fraction of sp³-hybridized carbons (Fsp3) is 0.421. The first-order valence-electron chi connectivity index (χ1n) is 8.85. The predicted molar refractivity (Wildman–Crippen MR) is 95.0 cm³/mol. The fourth-order valence-corrected chi connectivity index (χ4v) is 3.31. The summed E-state index contributed by atoms with van der Waals surface area (Å²) in [4.78, 5) is 22.9. The molecule has 1 aromatic carbocycles. The molecule has 8 heteroatoms. The molecule has 1 saturated heterocycles. The van der Waals surface area contributed by atoms with Crippen LogP contribution in [0.1, 0.15) is 30.9 Å². The molecule has 0 bridgehead atoms. The van der Waals surface area contributed by atoms with Gasteiger partial charge in [0.2, 0.25) is 5.91 Å². The first kappa shape index (κ1) is 19.1. The van der Waals surface area contributed by atoms with Crippen LogP contribution in [0.15, 0.2) is 48.9 Å². The maximum absolute atomic E-state index is 13.0. The Balaban J connectivity index is 1.69. The van der Waals surface area contributed by atoms with Crippen LogP contribution in [0.5, 0.6) is 0 Å². The van der Waals surface area contributed by atoms with E-state index in [0.29, 0.717) is 24.3 Å². The van der Waals surface area contributed by atoms with E-state index in [4.69, 9.17) is 0 Å². The van der Waals surface area contributed by atoms with Crippen LogP contribution < -0.4 is 10.2 Å². The molecule has 1 aliphatic rings. The van der Waals surface area contributed by atoms with Crippen LogP contribution in [0.2, 0.25) is 0 Å². The third-order valence-electron chi connectivity index (χ3n) is 4.62. The van der Waals surface area contributed by atoms with Crippen molar-refractivity contribution in [2.75, 3.05) is 18.0 Å². The van der Waals surface area contributed by atoms with Crippen molar-refractivity contribution in [1.29, 1.82) is 0 Å². The zero-order chi connectivity index (χ0) is 19.3. The van der Waals surface area contributed by atoms with Crippen molar-refractivity contribution in [2.24, 2.45) is 5.92 Å². The Labute approximate surface area is 155 Å². The maximum Gasteiger partial charge on any atom is 0.391 e. The molecular weight excluding hydrogens is 357 g/mol. The SMILES string of the molecule is O=C(NC(CC(F)(F)F)c1ccccc1)C1CCCN(c2cnccn2)C1. The Morgan fingerprint density at radius 1 is 1.26 bits per heavy atom. The first-order chi connectivity index (χ1) is 12.9. The van der Waals surface area contributed by atoms with Gasteiger partial charge in [0.05, 0.1) is 24.6 Å². The number of rotatable bonds is 5. The van der Waals surface area contributed by atoms with Crippen molar-refractivity contribution < 1.29 is 18.0 Å². The van der Waals surface area contributed by atoms with Crippen molar-refractivity contribution >= 4 is 11.7 Å². The van der Waals surface area contributed by atoms with Gasteiger partial charge in [-0.05, 0) is 18.4 Å². The van der Waals surface area contributed by atoms with Crippen molar-refractivity contribution in [3.8, 4) is 0 Å². The standard InChI is InChI=1S/C19H21F3N4O/c20-19(21,22)11-16(14-5-2-1-3-6-14)25-18(27)15-7-4-10-26(13-15)17-12-23-8-9-24-17/h1-3,5-6,8-9,12,15-16H,4,7,10-11,13H2,(H,25,27). The van der Waals surface area contributed by atoms with Gasteiger partial charge in [0.15, 0.2) is 0 Å². The highest BCUT2D eigenvalue weighted by atomic mass is 19.4. The molecule has 0 aliphatic carbocycles. The largest absolute Gasteiger partial charge is 0.391 e. The van der Waals surface area contributed by atoms with E-state index >= 15 is 0 Å². The van der Waals surface area contributed by atoms with E-state index in [1.165, 1.54) is 0 Å².